The fraction of sp³-hybridized carbons (Fsp3) is 0.0435. The Hall–Kier alpha value is -2.86. The van der Waals surface area contributed by atoms with E-state index in [1.165, 1.54) is 38.6 Å². The van der Waals surface area contributed by atoms with Crippen LogP contribution >= 0.6 is 0 Å². The SMILES string of the molecule is Cc1cc2ccccc2c(-c2ccccc2)c1-c1ccccc1. The van der Waals surface area contributed by atoms with Crippen LogP contribution in [0.1, 0.15) is 5.56 Å². The highest BCUT2D eigenvalue weighted by molar-refractivity contribution is 6.05. The lowest BCUT2D eigenvalue weighted by molar-refractivity contribution is 1.48. The lowest BCUT2D eigenvalue weighted by Crippen LogP contribution is -1.91. The summed E-state index contributed by atoms with van der Waals surface area (Å²) in [5.41, 5.74) is 6.51. The van der Waals surface area contributed by atoms with Crippen LogP contribution in [0.15, 0.2) is 91.0 Å². The molecule has 0 aliphatic heterocycles. The molecule has 0 spiro atoms. The number of benzene rings is 4. The molecule has 0 unspecified atom stereocenters. The Morgan fingerprint density at radius 3 is 1.70 bits per heavy atom. The summed E-state index contributed by atoms with van der Waals surface area (Å²) in [7, 11) is 0. The van der Waals surface area contributed by atoms with Crippen molar-refractivity contribution >= 4 is 10.8 Å². The van der Waals surface area contributed by atoms with Gasteiger partial charge in [-0.05, 0) is 45.5 Å². The van der Waals surface area contributed by atoms with E-state index in [2.05, 4.69) is 97.9 Å². The molecule has 0 aromatic heterocycles. The minimum absolute atomic E-state index is 1.27. The van der Waals surface area contributed by atoms with Crippen LogP contribution in [-0.4, -0.2) is 0 Å². The van der Waals surface area contributed by atoms with Gasteiger partial charge >= 0.3 is 0 Å². The molecule has 0 saturated carbocycles. The van der Waals surface area contributed by atoms with E-state index in [-0.39, 0.29) is 0 Å². The van der Waals surface area contributed by atoms with Gasteiger partial charge in [0, 0.05) is 0 Å². The van der Waals surface area contributed by atoms with Gasteiger partial charge in [0.15, 0.2) is 0 Å². The maximum absolute atomic E-state index is 2.30. The van der Waals surface area contributed by atoms with Crippen LogP contribution in [0.5, 0.6) is 0 Å². The summed E-state index contributed by atoms with van der Waals surface area (Å²) < 4.78 is 0. The van der Waals surface area contributed by atoms with Crippen LogP contribution in [0.2, 0.25) is 0 Å². The molecular formula is C23H18. The maximum Gasteiger partial charge on any atom is -0.00242 e. The second-order valence-electron chi connectivity index (χ2n) is 5.90. The summed E-state index contributed by atoms with van der Waals surface area (Å²) in [4.78, 5) is 0. The largest absolute Gasteiger partial charge is 0.0622 e. The zero-order chi connectivity index (χ0) is 15.6. The van der Waals surface area contributed by atoms with Gasteiger partial charge in [-0.15, -0.1) is 0 Å². The predicted molar refractivity (Wildman–Crippen MR) is 99.6 cm³/mol. The molecule has 0 radical (unpaired) electrons. The molecule has 0 amide bonds. The summed E-state index contributed by atoms with van der Waals surface area (Å²) in [5.74, 6) is 0. The average molecular weight is 294 g/mol. The Labute approximate surface area is 137 Å². The Kier molecular flexibility index (Phi) is 3.44. The molecule has 0 bridgehead atoms. The molecule has 4 rings (SSSR count). The van der Waals surface area contributed by atoms with E-state index in [1.807, 2.05) is 0 Å². The molecule has 0 saturated heterocycles. The highest BCUT2D eigenvalue weighted by Crippen LogP contribution is 2.40. The summed E-state index contributed by atoms with van der Waals surface area (Å²) in [6, 6.07) is 32.3. The molecule has 0 heteroatoms. The van der Waals surface area contributed by atoms with Gasteiger partial charge < -0.3 is 0 Å². The van der Waals surface area contributed by atoms with E-state index >= 15 is 0 Å². The Morgan fingerprint density at radius 2 is 1.04 bits per heavy atom. The van der Waals surface area contributed by atoms with Gasteiger partial charge in [-0.25, -0.2) is 0 Å². The molecule has 0 fully saturated rings. The Bertz CT molecular complexity index is 951. The smallest absolute Gasteiger partial charge is 0.00242 e. The molecule has 0 aliphatic rings. The number of fused-ring (bicyclic) bond motifs is 1. The highest BCUT2D eigenvalue weighted by Gasteiger charge is 2.14. The quantitative estimate of drug-likeness (QED) is 0.397. The van der Waals surface area contributed by atoms with Crippen molar-refractivity contribution in [1.29, 1.82) is 0 Å². The van der Waals surface area contributed by atoms with Crippen LogP contribution < -0.4 is 0 Å². The predicted octanol–water partition coefficient (Wildman–Crippen LogP) is 6.48. The minimum atomic E-state index is 1.27. The van der Waals surface area contributed by atoms with Crippen LogP contribution in [0.3, 0.4) is 0 Å². The summed E-state index contributed by atoms with van der Waals surface area (Å²) in [6.45, 7) is 2.21. The Morgan fingerprint density at radius 1 is 0.522 bits per heavy atom. The fourth-order valence-electron chi connectivity index (χ4n) is 3.37. The number of aryl methyl sites for hydroxylation is 1. The van der Waals surface area contributed by atoms with E-state index in [9.17, 15) is 0 Å². The second kappa shape index (κ2) is 5.73. The number of rotatable bonds is 2. The van der Waals surface area contributed by atoms with Crippen molar-refractivity contribution in [2.24, 2.45) is 0 Å². The van der Waals surface area contributed by atoms with Crippen molar-refractivity contribution in [1.82, 2.24) is 0 Å². The number of hydrogen-bond acceptors (Lipinski definition) is 0. The molecule has 23 heavy (non-hydrogen) atoms. The third kappa shape index (κ3) is 2.43. The van der Waals surface area contributed by atoms with Crippen molar-refractivity contribution in [3.05, 3.63) is 96.6 Å². The standard InChI is InChI=1S/C23H18/c1-17-16-20-14-8-9-15-21(20)23(19-12-6-3-7-13-19)22(17)18-10-4-2-5-11-18/h2-16H,1H3. The normalized spacial score (nSPS) is 10.8. The van der Waals surface area contributed by atoms with Crippen LogP contribution in [0, 0.1) is 6.92 Å². The third-order valence-corrected chi connectivity index (χ3v) is 4.37. The van der Waals surface area contributed by atoms with Gasteiger partial charge in [0.05, 0.1) is 0 Å². The highest BCUT2D eigenvalue weighted by atomic mass is 14.2. The molecule has 4 aromatic rings. The first-order chi connectivity index (χ1) is 11.3. The molecule has 4 aromatic carbocycles. The lowest BCUT2D eigenvalue weighted by atomic mass is 9.87. The van der Waals surface area contributed by atoms with Gasteiger partial charge in [0.1, 0.15) is 0 Å². The first kappa shape index (κ1) is 13.8. The summed E-state index contributed by atoms with van der Waals surface area (Å²) >= 11 is 0. The third-order valence-electron chi connectivity index (χ3n) is 4.37. The van der Waals surface area contributed by atoms with E-state index < -0.39 is 0 Å². The summed E-state index contributed by atoms with van der Waals surface area (Å²) in [6.07, 6.45) is 0. The van der Waals surface area contributed by atoms with Crippen molar-refractivity contribution in [3.63, 3.8) is 0 Å². The fourth-order valence-corrected chi connectivity index (χ4v) is 3.37. The topological polar surface area (TPSA) is 0 Å². The number of hydrogen-bond donors (Lipinski definition) is 0. The maximum atomic E-state index is 2.30. The Balaban J connectivity index is 2.15. The molecule has 0 nitrogen and oxygen atoms in total. The van der Waals surface area contributed by atoms with Crippen molar-refractivity contribution < 1.29 is 0 Å². The van der Waals surface area contributed by atoms with Crippen LogP contribution in [0.4, 0.5) is 0 Å². The lowest BCUT2D eigenvalue weighted by Gasteiger charge is -2.17. The zero-order valence-corrected chi connectivity index (χ0v) is 13.2. The molecule has 110 valence electrons. The zero-order valence-electron chi connectivity index (χ0n) is 13.2. The van der Waals surface area contributed by atoms with Crippen molar-refractivity contribution in [2.75, 3.05) is 0 Å². The van der Waals surface area contributed by atoms with Crippen LogP contribution in [-0.2, 0) is 0 Å². The molecule has 0 N–H and O–H groups in total. The minimum Gasteiger partial charge on any atom is -0.0622 e. The molecular weight excluding hydrogens is 276 g/mol. The van der Waals surface area contributed by atoms with E-state index in [4.69, 9.17) is 0 Å². The van der Waals surface area contributed by atoms with Gasteiger partial charge in [0.2, 0.25) is 0 Å². The van der Waals surface area contributed by atoms with E-state index in [0.29, 0.717) is 0 Å². The first-order valence-corrected chi connectivity index (χ1v) is 7.98. The van der Waals surface area contributed by atoms with Crippen LogP contribution in [0.25, 0.3) is 33.0 Å². The van der Waals surface area contributed by atoms with Crippen molar-refractivity contribution in [3.8, 4) is 22.3 Å². The van der Waals surface area contributed by atoms with E-state index in [1.54, 1.807) is 0 Å². The molecule has 0 atom stereocenters. The van der Waals surface area contributed by atoms with Gasteiger partial charge in [0.25, 0.3) is 0 Å². The molecule has 0 heterocycles. The monoisotopic (exact) mass is 294 g/mol. The second-order valence-corrected chi connectivity index (χ2v) is 5.90. The van der Waals surface area contributed by atoms with Gasteiger partial charge in [-0.2, -0.15) is 0 Å². The van der Waals surface area contributed by atoms with Crippen molar-refractivity contribution in [2.45, 2.75) is 6.92 Å². The van der Waals surface area contributed by atoms with E-state index in [0.717, 1.165) is 0 Å². The summed E-state index contributed by atoms with van der Waals surface area (Å²) in [5, 5.41) is 2.60. The van der Waals surface area contributed by atoms with Gasteiger partial charge in [-0.1, -0.05) is 91.0 Å². The van der Waals surface area contributed by atoms with Gasteiger partial charge in [-0.3, -0.25) is 0 Å². The average Bonchev–Trinajstić information content (AvgIpc) is 2.62. The first-order valence-electron chi connectivity index (χ1n) is 7.98. The molecule has 0 aliphatic carbocycles.